The van der Waals surface area contributed by atoms with E-state index < -0.39 is 0 Å². The fraction of sp³-hybridized carbons (Fsp3) is 0.571. The third-order valence-corrected chi connectivity index (χ3v) is 3.37. The Morgan fingerprint density at radius 2 is 1.84 bits per heavy atom. The van der Waals surface area contributed by atoms with Crippen LogP contribution in [0.3, 0.4) is 0 Å². The van der Waals surface area contributed by atoms with Crippen molar-refractivity contribution in [2.75, 3.05) is 32.8 Å². The van der Waals surface area contributed by atoms with Gasteiger partial charge in [0.1, 0.15) is 5.75 Å². The number of nitrogens with zero attached hydrogens (tertiary/aromatic N) is 1. The van der Waals surface area contributed by atoms with Crippen LogP contribution in [0.15, 0.2) is 24.3 Å². The summed E-state index contributed by atoms with van der Waals surface area (Å²) >= 11 is 0. The van der Waals surface area contributed by atoms with Gasteiger partial charge >= 0.3 is 0 Å². The van der Waals surface area contributed by atoms with Crippen molar-refractivity contribution in [3.05, 3.63) is 29.8 Å². The van der Waals surface area contributed by atoms with Gasteiger partial charge in [-0.2, -0.15) is 0 Å². The van der Waals surface area contributed by atoms with Gasteiger partial charge in [-0.15, -0.1) is 24.8 Å². The number of piperazine rings is 1. The van der Waals surface area contributed by atoms with Gasteiger partial charge in [-0.05, 0) is 19.9 Å². The number of hydrogen-bond donors (Lipinski definition) is 1. The highest BCUT2D eigenvalue weighted by Crippen LogP contribution is 2.29. The van der Waals surface area contributed by atoms with Crippen LogP contribution in [0.5, 0.6) is 5.75 Å². The molecule has 19 heavy (non-hydrogen) atoms. The molecule has 1 aliphatic rings. The summed E-state index contributed by atoms with van der Waals surface area (Å²) in [5.74, 6) is 1.03. The first-order chi connectivity index (χ1) is 8.33. The lowest BCUT2D eigenvalue weighted by Crippen LogP contribution is -2.44. The number of benzene rings is 1. The second kappa shape index (κ2) is 9.43. The maximum absolute atomic E-state index is 5.71. The van der Waals surface area contributed by atoms with E-state index in [1.165, 1.54) is 5.56 Å². The molecule has 1 heterocycles. The smallest absolute Gasteiger partial charge is 0.124 e. The molecule has 0 bridgehead atoms. The maximum Gasteiger partial charge on any atom is 0.124 e. The highest BCUT2D eigenvalue weighted by Gasteiger charge is 2.20. The molecular weight excluding hydrogens is 283 g/mol. The minimum absolute atomic E-state index is 0. The molecule has 0 spiro atoms. The summed E-state index contributed by atoms with van der Waals surface area (Å²) < 4.78 is 5.71. The Bertz CT molecular complexity index is 357. The Balaban J connectivity index is 0.00000162. The van der Waals surface area contributed by atoms with Crippen LogP contribution in [-0.4, -0.2) is 37.7 Å². The molecule has 0 aliphatic carbocycles. The van der Waals surface area contributed by atoms with Gasteiger partial charge in [0.05, 0.1) is 6.61 Å². The molecule has 110 valence electrons. The van der Waals surface area contributed by atoms with E-state index in [4.69, 9.17) is 4.74 Å². The first kappa shape index (κ1) is 18.5. The van der Waals surface area contributed by atoms with Crippen LogP contribution in [0.1, 0.15) is 25.5 Å². The van der Waals surface area contributed by atoms with Crippen LogP contribution in [0, 0.1) is 0 Å². The van der Waals surface area contributed by atoms with E-state index in [0.29, 0.717) is 6.04 Å². The minimum atomic E-state index is 0. The van der Waals surface area contributed by atoms with Gasteiger partial charge in [-0.1, -0.05) is 18.2 Å². The molecule has 0 amide bonds. The monoisotopic (exact) mass is 306 g/mol. The summed E-state index contributed by atoms with van der Waals surface area (Å²) in [7, 11) is 0. The van der Waals surface area contributed by atoms with Crippen molar-refractivity contribution >= 4 is 24.8 Å². The molecule has 3 nitrogen and oxygen atoms in total. The van der Waals surface area contributed by atoms with Crippen LogP contribution in [-0.2, 0) is 0 Å². The summed E-state index contributed by atoms with van der Waals surface area (Å²) in [6.45, 7) is 9.42. The predicted molar refractivity (Wildman–Crippen MR) is 85.0 cm³/mol. The molecule has 0 unspecified atom stereocenters. The summed E-state index contributed by atoms with van der Waals surface area (Å²) in [5, 5.41) is 3.39. The Morgan fingerprint density at radius 1 is 1.21 bits per heavy atom. The third-order valence-electron chi connectivity index (χ3n) is 3.37. The molecule has 1 aliphatic heterocycles. The van der Waals surface area contributed by atoms with E-state index in [-0.39, 0.29) is 24.8 Å². The molecule has 1 aromatic carbocycles. The second-order valence-electron chi connectivity index (χ2n) is 4.43. The Morgan fingerprint density at radius 3 is 2.47 bits per heavy atom. The largest absolute Gasteiger partial charge is 0.494 e. The van der Waals surface area contributed by atoms with Crippen LogP contribution in [0.4, 0.5) is 0 Å². The third kappa shape index (κ3) is 4.84. The van der Waals surface area contributed by atoms with Crippen LogP contribution >= 0.6 is 24.8 Å². The van der Waals surface area contributed by atoms with Gasteiger partial charge in [0, 0.05) is 37.8 Å². The first-order valence-electron chi connectivity index (χ1n) is 6.49. The van der Waals surface area contributed by atoms with Crippen molar-refractivity contribution < 1.29 is 4.74 Å². The number of rotatable bonds is 4. The maximum atomic E-state index is 5.71. The predicted octanol–water partition coefficient (Wildman–Crippen LogP) is 2.90. The molecule has 5 heteroatoms. The molecule has 0 radical (unpaired) electrons. The Kier molecular flexibility index (Phi) is 9.19. The van der Waals surface area contributed by atoms with E-state index in [9.17, 15) is 0 Å². The number of hydrogen-bond acceptors (Lipinski definition) is 3. The van der Waals surface area contributed by atoms with Gasteiger partial charge in [0.2, 0.25) is 0 Å². The van der Waals surface area contributed by atoms with Gasteiger partial charge in [0.25, 0.3) is 0 Å². The molecule has 1 saturated heterocycles. The van der Waals surface area contributed by atoms with E-state index in [2.05, 4.69) is 35.3 Å². The van der Waals surface area contributed by atoms with E-state index in [0.717, 1.165) is 38.5 Å². The van der Waals surface area contributed by atoms with Gasteiger partial charge in [-0.25, -0.2) is 0 Å². The lowest BCUT2D eigenvalue weighted by molar-refractivity contribution is 0.181. The molecule has 1 aromatic rings. The standard InChI is InChI=1S/C14H22N2O.2ClH/c1-3-17-14-7-5-4-6-13(14)12(2)16-10-8-15-9-11-16;;/h4-7,12,15H,3,8-11H2,1-2H3;2*1H/t12-;;/m1../s1. The molecular formula is C14H24Cl2N2O. The number of ether oxygens (including phenoxy) is 1. The fourth-order valence-corrected chi connectivity index (χ4v) is 2.38. The minimum Gasteiger partial charge on any atom is -0.494 e. The molecule has 0 saturated carbocycles. The number of para-hydroxylation sites is 1. The molecule has 0 aromatic heterocycles. The summed E-state index contributed by atoms with van der Waals surface area (Å²) in [6.07, 6.45) is 0. The van der Waals surface area contributed by atoms with Crippen molar-refractivity contribution in [2.45, 2.75) is 19.9 Å². The van der Waals surface area contributed by atoms with Gasteiger partial charge < -0.3 is 10.1 Å². The molecule has 2 rings (SSSR count). The topological polar surface area (TPSA) is 24.5 Å². The summed E-state index contributed by atoms with van der Waals surface area (Å²) in [4.78, 5) is 2.51. The van der Waals surface area contributed by atoms with Crippen molar-refractivity contribution in [2.24, 2.45) is 0 Å². The zero-order valence-electron chi connectivity index (χ0n) is 11.6. The van der Waals surface area contributed by atoms with Crippen LogP contribution in [0.25, 0.3) is 0 Å². The van der Waals surface area contributed by atoms with E-state index in [1.807, 2.05) is 13.0 Å². The van der Waals surface area contributed by atoms with Crippen LogP contribution < -0.4 is 10.1 Å². The zero-order chi connectivity index (χ0) is 12.1. The van der Waals surface area contributed by atoms with E-state index >= 15 is 0 Å². The second-order valence-corrected chi connectivity index (χ2v) is 4.43. The summed E-state index contributed by atoms with van der Waals surface area (Å²) in [6, 6.07) is 8.81. The quantitative estimate of drug-likeness (QED) is 0.926. The van der Waals surface area contributed by atoms with Crippen molar-refractivity contribution in [3.63, 3.8) is 0 Å². The number of halogens is 2. The normalized spacial score (nSPS) is 16.9. The Hall–Kier alpha value is -0.480. The lowest BCUT2D eigenvalue weighted by atomic mass is 10.1. The van der Waals surface area contributed by atoms with Crippen molar-refractivity contribution in [1.82, 2.24) is 10.2 Å². The SMILES string of the molecule is CCOc1ccccc1[C@@H](C)N1CCNCC1.Cl.Cl. The van der Waals surface area contributed by atoms with Crippen molar-refractivity contribution in [1.29, 1.82) is 0 Å². The Labute approximate surface area is 128 Å². The average molecular weight is 307 g/mol. The summed E-state index contributed by atoms with van der Waals surface area (Å²) in [5.41, 5.74) is 1.30. The highest BCUT2D eigenvalue weighted by atomic mass is 35.5. The lowest BCUT2D eigenvalue weighted by Gasteiger charge is -2.33. The van der Waals surface area contributed by atoms with Crippen molar-refractivity contribution in [3.8, 4) is 5.75 Å². The molecule has 1 fully saturated rings. The first-order valence-corrected chi connectivity index (χ1v) is 6.49. The van der Waals surface area contributed by atoms with Gasteiger partial charge in [0.15, 0.2) is 0 Å². The molecule has 1 atom stereocenters. The number of nitrogens with one attached hydrogen (secondary N) is 1. The van der Waals surface area contributed by atoms with Crippen LogP contribution in [0.2, 0.25) is 0 Å². The molecule has 1 N–H and O–H groups in total. The van der Waals surface area contributed by atoms with Gasteiger partial charge in [-0.3, -0.25) is 4.90 Å². The average Bonchev–Trinajstić information content (AvgIpc) is 2.40. The van der Waals surface area contributed by atoms with E-state index in [1.54, 1.807) is 0 Å². The highest BCUT2D eigenvalue weighted by molar-refractivity contribution is 5.85. The fourth-order valence-electron chi connectivity index (χ4n) is 2.38. The zero-order valence-corrected chi connectivity index (χ0v) is 13.2.